The summed E-state index contributed by atoms with van der Waals surface area (Å²) in [4.78, 5) is 9.34. The third-order valence-electron chi connectivity index (χ3n) is 0.341. The molecule has 0 aliphatic carbocycles. The molecule has 0 aliphatic rings. The molecule has 0 aromatic carbocycles. The second kappa shape index (κ2) is 11.6. The molecular weight excluding hydrogens is 208 g/mol. The first-order chi connectivity index (χ1) is 4.06. The van der Waals surface area contributed by atoms with Crippen LogP contribution in [0.3, 0.4) is 0 Å². The summed E-state index contributed by atoms with van der Waals surface area (Å²) in [6.45, 7) is 1.13. The maximum absolute atomic E-state index is 9.34. The molecule has 1 atom stereocenters. The number of isothiocyanates is 1. The van der Waals surface area contributed by atoms with Gasteiger partial charge >= 0.3 is 19.5 Å². The predicted octanol–water partition coefficient (Wildman–Crippen LogP) is -1.23. The Labute approximate surface area is 76.5 Å². The van der Waals surface area contributed by atoms with Gasteiger partial charge in [0.25, 0.3) is 0 Å². The zero-order valence-electron chi connectivity index (χ0n) is 5.40. The summed E-state index contributed by atoms with van der Waals surface area (Å²) in [5.41, 5.74) is 0. The largest absolute Gasteiger partial charge is 2.00 e. The third kappa shape index (κ3) is 24.8. The van der Waals surface area contributed by atoms with E-state index in [1.165, 1.54) is 5.16 Å². The van der Waals surface area contributed by atoms with Crippen LogP contribution in [-0.4, -0.2) is 22.3 Å². The van der Waals surface area contributed by atoms with E-state index in [4.69, 9.17) is 10.5 Å². The summed E-state index contributed by atoms with van der Waals surface area (Å²) < 4.78 is 0. The monoisotopic (exact) mass is 211 g/mol. The normalized spacial score (nSPS) is 9.00. The molecule has 0 saturated carbocycles. The molecule has 0 aromatic rings. The molecule has 0 heterocycles. The van der Waals surface area contributed by atoms with Crippen molar-refractivity contribution < 1.29 is 34.5 Å². The molecule has 0 amide bonds. The number of hydrogen-bond donors (Lipinski definition) is 1. The summed E-state index contributed by atoms with van der Waals surface area (Å²) in [7, 11) is 0. The summed E-state index contributed by atoms with van der Waals surface area (Å²) in [5.74, 6) is -1.44. The van der Waals surface area contributed by atoms with E-state index in [1.54, 1.807) is 0 Å². The Morgan fingerprint density at radius 2 is 2.00 bits per heavy atom. The van der Waals surface area contributed by atoms with Gasteiger partial charge in [-0.25, -0.2) is 0 Å². The number of aliphatic hydroxyl groups excluding tert-OH is 1. The molecule has 6 heteroatoms. The molecule has 0 radical (unpaired) electrons. The van der Waals surface area contributed by atoms with Gasteiger partial charge in [-0.3, -0.25) is 0 Å². The first-order valence-electron chi connectivity index (χ1n) is 1.96. The Balaban J connectivity index is -0.000000107. The van der Waals surface area contributed by atoms with Gasteiger partial charge in [-0.05, 0) is 6.92 Å². The van der Waals surface area contributed by atoms with Crippen molar-refractivity contribution in [2.45, 2.75) is 13.0 Å². The molecule has 0 saturated heterocycles. The molecule has 0 aliphatic heterocycles. The minimum Gasteiger partial charge on any atom is -0.753 e. The number of carbonyl (C=O) groups is 1. The van der Waals surface area contributed by atoms with Gasteiger partial charge in [0.2, 0.25) is 0 Å². The number of carboxylic acids is 1. The zero-order valence-corrected chi connectivity index (χ0v) is 9.19. The molecule has 0 spiro atoms. The fourth-order valence-electron chi connectivity index (χ4n) is 0. The maximum Gasteiger partial charge on any atom is 2.00 e. The second-order valence-corrected chi connectivity index (χ2v) is 1.27. The maximum atomic E-state index is 9.34. The van der Waals surface area contributed by atoms with E-state index in [0.717, 1.165) is 6.92 Å². The van der Waals surface area contributed by atoms with Crippen molar-refractivity contribution >= 4 is 23.3 Å². The van der Waals surface area contributed by atoms with Crippen LogP contribution in [0.1, 0.15) is 6.92 Å². The molecule has 52 valence electrons. The number of aliphatic hydroxyl groups is 1. The summed E-state index contributed by atoms with van der Waals surface area (Å²) >= 11 is 3.70. The van der Waals surface area contributed by atoms with Gasteiger partial charge < -0.3 is 20.4 Å². The number of aliphatic carboxylic acids is 1. The average molecular weight is 213 g/mol. The van der Waals surface area contributed by atoms with Crippen LogP contribution in [0.5, 0.6) is 0 Å². The van der Waals surface area contributed by atoms with Gasteiger partial charge in [0.15, 0.2) is 0 Å². The van der Waals surface area contributed by atoms with Crippen molar-refractivity contribution in [1.82, 2.24) is 0 Å². The molecule has 0 rings (SSSR count). The Bertz CT molecular complexity index is 122. The van der Waals surface area contributed by atoms with Gasteiger partial charge in [-0.1, -0.05) is 12.2 Å². The minimum absolute atomic E-state index is 0. The van der Waals surface area contributed by atoms with Gasteiger partial charge in [-0.15, -0.1) is 0 Å². The van der Waals surface area contributed by atoms with Crippen LogP contribution in [0.15, 0.2) is 0 Å². The molecule has 4 nitrogen and oxygen atoms in total. The first-order valence-corrected chi connectivity index (χ1v) is 2.37. The Morgan fingerprint density at radius 3 is 2.00 bits per heavy atom. The molecule has 0 bridgehead atoms. The SMILES string of the molecule is CC(O)C(=O)[O-].[N-]=C=S.[Zn+2]. The van der Waals surface area contributed by atoms with E-state index in [-0.39, 0.29) is 19.5 Å². The van der Waals surface area contributed by atoms with Crippen LogP contribution in [0, 0.1) is 0 Å². The zero-order chi connectivity index (χ0) is 7.86. The van der Waals surface area contributed by atoms with Crippen LogP contribution in [-0.2, 0) is 24.3 Å². The van der Waals surface area contributed by atoms with Crippen molar-refractivity contribution in [3.63, 3.8) is 0 Å². The third-order valence-corrected chi connectivity index (χ3v) is 0.341. The Morgan fingerprint density at radius 1 is 1.90 bits per heavy atom. The number of nitrogens with zero attached hydrogens (tertiary/aromatic N) is 1. The van der Waals surface area contributed by atoms with E-state index >= 15 is 0 Å². The summed E-state index contributed by atoms with van der Waals surface area (Å²) in [6, 6.07) is 0. The number of hydrogen-bond acceptors (Lipinski definition) is 4. The Kier molecular flexibility index (Phi) is 19.1. The fourth-order valence-corrected chi connectivity index (χ4v) is 0. The van der Waals surface area contributed by atoms with E-state index in [0.29, 0.717) is 0 Å². The topological polar surface area (TPSA) is 82.7 Å². The van der Waals surface area contributed by atoms with Crippen LogP contribution in [0.4, 0.5) is 0 Å². The van der Waals surface area contributed by atoms with E-state index in [2.05, 4.69) is 12.2 Å². The van der Waals surface area contributed by atoms with E-state index in [1.807, 2.05) is 0 Å². The van der Waals surface area contributed by atoms with E-state index < -0.39 is 12.1 Å². The first kappa shape index (κ1) is 16.4. The van der Waals surface area contributed by atoms with Crippen LogP contribution < -0.4 is 5.11 Å². The number of carbonyl (C=O) groups excluding carboxylic acids is 1. The average Bonchev–Trinajstić information content (AvgIpc) is 1.68. The van der Waals surface area contributed by atoms with Crippen molar-refractivity contribution in [3.8, 4) is 0 Å². The second-order valence-electron chi connectivity index (χ2n) is 1.09. The minimum atomic E-state index is -1.44. The smallest absolute Gasteiger partial charge is 0.753 e. The van der Waals surface area contributed by atoms with Gasteiger partial charge in [0.05, 0.1) is 12.1 Å². The molecule has 0 fully saturated rings. The standard InChI is InChI=1S/C3H6O3.CNS.Zn/c1-2(4)3(5)6;2-1-3;/h2,4H,1H3,(H,5,6);;/q;-1;+2/p-1. The van der Waals surface area contributed by atoms with Crippen LogP contribution in [0.25, 0.3) is 5.41 Å². The number of carboxylic acid groups (broad SMARTS) is 1. The molecule has 1 unspecified atom stereocenters. The predicted molar refractivity (Wildman–Crippen MR) is 32.6 cm³/mol. The molecule has 1 N–H and O–H groups in total. The summed E-state index contributed by atoms with van der Waals surface area (Å²) in [6.07, 6.45) is -1.34. The molecular formula is C4H5NO3SZn. The molecule has 0 aromatic heterocycles. The molecule has 10 heavy (non-hydrogen) atoms. The van der Waals surface area contributed by atoms with Crippen molar-refractivity contribution in [2.75, 3.05) is 0 Å². The van der Waals surface area contributed by atoms with Crippen molar-refractivity contribution in [2.24, 2.45) is 0 Å². The number of rotatable bonds is 1. The van der Waals surface area contributed by atoms with Gasteiger partial charge in [0.1, 0.15) is 0 Å². The fraction of sp³-hybridized carbons (Fsp3) is 0.500. The van der Waals surface area contributed by atoms with Gasteiger partial charge in [-0.2, -0.15) is 5.16 Å². The van der Waals surface area contributed by atoms with Crippen LogP contribution in [0.2, 0.25) is 0 Å². The van der Waals surface area contributed by atoms with Crippen molar-refractivity contribution in [1.29, 1.82) is 0 Å². The van der Waals surface area contributed by atoms with Crippen molar-refractivity contribution in [3.05, 3.63) is 5.41 Å². The van der Waals surface area contributed by atoms with Gasteiger partial charge in [0, 0.05) is 0 Å². The number of thiocarbonyl (C=S) groups is 1. The van der Waals surface area contributed by atoms with E-state index in [9.17, 15) is 9.90 Å². The Hall–Kier alpha value is -0.147. The quantitative estimate of drug-likeness (QED) is 0.335. The van der Waals surface area contributed by atoms with Crippen LogP contribution >= 0.6 is 12.2 Å². The summed E-state index contributed by atoms with van der Waals surface area (Å²) in [5, 5.41) is 25.8.